The van der Waals surface area contributed by atoms with E-state index in [2.05, 4.69) is 20.8 Å². The van der Waals surface area contributed by atoms with E-state index in [1.807, 2.05) is 18.7 Å². The second-order valence-corrected chi connectivity index (χ2v) is 9.10. The Bertz CT molecular complexity index is 446. The van der Waals surface area contributed by atoms with Crippen molar-refractivity contribution in [3.63, 3.8) is 0 Å². The normalized spacial score (nSPS) is 57.3. The number of hydrogen-bond donors (Lipinski definition) is 0. The highest BCUT2D eigenvalue weighted by atomic mass is 32.2. The molecule has 1 spiro atoms. The van der Waals surface area contributed by atoms with E-state index in [1.165, 1.54) is 12.8 Å². The molecule has 4 nitrogen and oxygen atoms in total. The lowest BCUT2D eigenvalue weighted by Gasteiger charge is -2.60. The van der Waals surface area contributed by atoms with Crippen molar-refractivity contribution in [1.29, 1.82) is 0 Å². The van der Waals surface area contributed by atoms with Crippen LogP contribution in [0.25, 0.3) is 0 Å². The van der Waals surface area contributed by atoms with Gasteiger partial charge in [0.1, 0.15) is 5.44 Å². The fourth-order valence-electron chi connectivity index (χ4n) is 5.23. The van der Waals surface area contributed by atoms with Gasteiger partial charge in [-0.15, -0.1) is 11.8 Å². The standard InChI is InChI=1S/C17H28O4S/c1-5-22-14-11(3)13-7-6-10(2)12-8-9-16(4)19-15(18-14)17(12,13)21-20-16/h10-15H,5-9H2,1-4H3/t10-,11-,12+,13+,14-,15-,16+,17-/m1/s1. The number of hydrogen-bond acceptors (Lipinski definition) is 5. The molecule has 5 fully saturated rings. The molecule has 126 valence electrons. The summed E-state index contributed by atoms with van der Waals surface area (Å²) in [5, 5.41) is 0. The zero-order valence-electron chi connectivity index (χ0n) is 14.0. The Balaban J connectivity index is 1.75. The molecular weight excluding hydrogens is 300 g/mol. The molecule has 1 aliphatic carbocycles. The lowest BCUT2D eigenvalue weighted by molar-refractivity contribution is -0.568. The topological polar surface area (TPSA) is 36.9 Å². The van der Waals surface area contributed by atoms with E-state index in [0.717, 1.165) is 18.6 Å². The fraction of sp³-hybridized carbons (Fsp3) is 1.00. The van der Waals surface area contributed by atoms with Crippen LogP contribution in [-0.4, -0.2) is 28.9 Å². The second kappa shape index (κ2) is 5.35. The number of rotatable bonds is 2. The zero-order chi connectivity index (χ0) is 15.5. The molecule has 0 unspecified atom stereocenters. The Morgan fingerprint density at radius 3 is 2.68 bits per heavy atom. The first-order valence-electron chi connectivity index (χ1n) is 8.82. The predicted octanol–water partition coefficient (Wildman–Crippen LogP) is 3.95. The van der Waals surface area contributed by atoms with Crippen molar-refractivity contribution in [2.24, 2.45) is 23.7 Å². The molecule has 0 aromatic rings. The Kier molecular flexibility index (Phi) is 3.82. The summed E-state index contributed by atoms with van der Waals surface area (Å²) >= 11 is 1.89. The minimum atomic E-state index is -0.653. The fourth-order valence-corrected chi connectivity index (χ4v) is 6.23. The van der Waals surface area contributed by atoms with Crippen LogP contribution in [0, 0.1) is 23.7 Å². The largest absolute Gasteiger partial charge is 0.335 e. The molecule has 4 heterocycles. The van der Waals surface area contributed by atoms with Crippen LogP contribution in [-0.2, 0) is 19.2 Å². The summed E-state index contributed by atoms with van der Waals surface area (Å²) in [7, 11) is 0. The van der Waals surface area contributed by atoms with E-state index < -0.39 is 11.4 Å². The van der Waals surface area contributed by atoms with Gasteiger partial charge in [-0.2, -0.15) is 0 Å². The predicted molar refractivity (Wildman–Crippen MR) is 85.0 cm³/mol. The zero-order valence-corrected chi connectivity index (χ0v) is 14.9. The molecule has 0 aromatic carbocycles. The Hall–Kier alpha value is 0.190. The maximum atomic E-state index is 6.43. The van der Waals surface area contributed by atoms with Crippen molar-refractivity contribution < 1.29 is 19.2 Å². The highest BCUT2D eigenvalue weighted by molar-refractivity contribution is 7.99. The first-order chi connectivity index (χ1) is 10.5. The molecule has 0 amide bonds. The van der Waals surface area contributed by atoms with Crippen LogP contribution in [0.3, 0.4) is 0 Å². The Morgan fingerprint density at radius 1 is 1.09 bits per heavy atom. The number of fused-ring (bicyclic) bond motifs is 2. The van der Waals surface area contributed by atoms with Gasteiger partial charge in [-0.1, -0.05) is 20.8 Å². The van der Waals surface area contributed by atoms with Gasteiger partial charge in [0, 0.05) is 12.3 Å². The molecule has 5 rings (SSSR count). The van der Waals surface area contributed by atoms with Gasteiger partial charge in [0.25, 0.3) is 0 Å². The monoisotopic (exact) mass is 328 g/mol. The first kappa shape index (κ1) is 15.7. The summed E-state index contributed by atoms with van der Waals surface area (Å²) in [6.45, 7) is 8.85. The molecule has 0 aromatic heterocycles. The third-order valence-electron chi connectivity index (χ3n) is 6.43. The van der Waals surface area contributed by atoms with Gasteiger partial charge in [-0.3, -0.25) is 0 Å². The Labute approximate surface area is 137 Å². The van der Waals surface area contributed by atoms with E-state index in [9.17, 15) is 0 Å². The van der Waals surface area contributed by atoms with Gasteiger partial charge >= 0.3 is 0 Å². The van der Waals surface area contributed by atoms with Crippen LogP contribution >= 0.6 is 11.8 Å². The SMILES string of the molecule is CCS[C@H]1O[C@@H]2O[C@]3(C)CC[C@H]4[C@H](C)CC[C@@H]([C@H]1C)[C@@]24OO3. The van der Waals surface area contributed by atoms with Gasteiger partial charge in [-0.25, -0.2) is 9.78 Å². The lowest BCUT2D eigenvalue weighted by Crippen LogP contribution is -2.70. The van der Waals surface area contributed by atoms with Crippen LogP contribution in [0.15, 0.2) is 0 Å². The van der Waals surface area contributed by atoms with Gasteiger partial charge in [0.15, 0.2) is 11.9 Å². The minimum absolute atomic E-state index is 0.200. The average Bonchev–Trinajstić information content (AvgIpc) is 2.71. The molecule has 8 atom stereocenters. The van der Waals surface area contributed by atoms with E-state index in [0.29, 0.717) is 23.7 Å². The molecule has 1 saturated carbocycles. The summed E-state index contributed by atoms with van der Waals surface area (Å²) < 4.78 is 12.8. The van der Waals surface area contributed by atoms with Crippen molar-refractivity contribution >= 4 is 11.8 Å². The highest BCUT2D eigenvalue weighted by Gasteiger charge is 2.69. The molecule has 4 saturated heterocycles. The van der Waals surface area contributed by atoms with Gasteiger partial charge in [-0.05, 0) is 49.7 Å². The molecule has 5 aliphatic rings. The third kappa shape index (κ3) is 2.05. The van der Waals surface area contributed by atoms with Crippen molar-refractivity contribution in [3.8, 4) is 0 Å². The summed E-state index contributed by atoms with van der Waals surface area (Å²) in [4.78, 5) is 11.9. The smallest absolute Gasteiger partial charge is 0.201 e. The van der Waals surface area contributed by atoms with E-state index in [4.69, 9.17) is 19.2 Å². The van der Waals surface area contributed by atoms with Crippen LogP contribution in [0.2, 0.25) is 0 Å². The molecule has 22 heavy (non-hydrogen) atoms. The molecule has 0 radical (unpaired) electrons. The van der Waals surface area contributed by atoms with Crippen molar-refractivity contribution in [2.75, 3.05) is 5.75 Å². The van der Waals surface area contributed by atoms with Crippen LogP contribution in [0.4, 0.5) is 0 Å². The van der Waals surface area contributed by atoms with E-state index in [-0.39, 0.29) is 11.7 Å². The molecule has 4 aliphatic heterocycles. The maximum Gasteiger partial charge on any atom is 0.201 e. The second-order valence-electron chi connectivity index (χ2n) is 7.73. The van der Waals surface area contributed by atoms with Crippen LogP contribution in [0.5, 0.6) is 0 Å². The maximum absolute atomic E-state index is 6.43. The van der Waals surface area contributed by atoms with Gasteiger partial charge in [0.2, 0.25) is 5.79 Å². The first-order valence-corrected chi connectivity index (χ1v) is 9.87. The lowest BCUT2D eigenvalue weighted by atomic mass is 9.58. The van der Waals surface area contributed by atoms with Crippen LogP contribution < -0.4 is 0 Å². The average molecular weight is 328 g/mol. The number of thioether (sulfide) groups is 1. The molecule has 0 N–H and O–H groups in total. The van der Waals surface area contributed by atoms with E-state index >= 15 is 0 Å². The third-order valence-corrected chi connectivity index (χ3v) is 7.63. The summed E-state index contributed by atoms with van der Waals surface area (Å²) in [5.74, 6) is 2.44. The summed E-state index contributed by atoms with van der Waals surface area (Å²) in [6, 6.07) is 0. The summed E-state index contributed by atoms with van der Waals surface area (Å²) in [5.41, 5.74) is -0.205. The minimum Gasteiger partial charge on any atom is -0.335 e. The van der Waals surface area contributed by atoms with Crippen molar-refractivity contribution in [3.05, 3.63) is 0 Å². The van der Waals surface area contributed by atoms with Crippen LogP contribution in [0.1, 0.15) is 53.4 Å². The highest BCUT2D eigenvalue weighted by Crippen LogP contribution is 2.61. The summed E-state index contributed by atoms with van der Waals surface area (Å²) in [6.07, 6.45) is 4.16. The quantitative estimate of drug-likeness (QED) is 0.718. The molecule has 5 heteroatoms. The molecule has 2 bridgehead atoms. The van der Waals surface area contributed by atoms with Gasteiger partial charge in [0.05, 0.1) is 0 Å². The van der Waals surface area contributed by atoms with E-state index in [1.54, 1.807) is 0 Å². The number of ether oxygens (including phenoxy) is 2. The van der Waals surface area contributed by atoms with Gasteiger partial charge < -0.3 is 9.47 Å². The van der Waals surface area contributed by atoms with Crippen molar-refractivity contribution in [2.45, 2.75) is 76.5 Å². The molecular formula is C17H28O4S. The Morgan fingerprint density at radius 2 is 1.91 bits per heavy atom. The van der Waals surface area contributed by atoms with Crippen molar-refractivity contribution in [1.82, 2.24) is 0 Å².